The number of aromatic nitrogens is 2. The van der Waals surface area contributed by atoms with E-state index in [2.05, 4.69) is 28.4 Å². The molecule has 0 atom stereocenters. The maximum absolute atomic E-state index is 5.69. The topological polar surface area (TPSA) is 43.3 Å². The Balaban J connectivity index is 2.21. The highest BCUT2D eigenvalue weighted by Crippen LogP contribution is 2.21. The Morgan fingerprint density at radius 2 is 1.88 bits per heavy atom. The predicted molar refractivity (Wildman–Crippen MR) is 69.8 cm³/mol. The lowest BCUT2D eigenvalue weighted by Gasteiger charge is -2.02. The molecule has 3 rings (SSSR count). The number of rotatable bonds is 1. The van der Waals surface area contributed by atoms with E-state index in [4.69, 9.17) is 5.73 Å². The zero-order valence-electron chi connectivity index (χ0n) is 9.59. The molecule has 0 saturated heterocycles. The van der Waals surface area contributed by atoms with Gasteiger partial charge in [0.15, 0.2) is 0 Å². The smallest absolute Gasteiger partial charge is 0.144 e. The summed E-state index contributed by atoms with van der Waals surface area (Å²) >= 11 is 0. The van der Waals surface area contributed by atoms with Crippen molar-refractivity contribution < 1.29 is 0 Å². The Hall–Kier alpha value is -2.29. The monoisotopic (exact) mass is 223 g/mol. The van der Waals surface area contributed by atoms with Crippen molar-refractivity contribution in [2.75, 3.05) is 5.73 Å². The van der Waals surface area contributed by atoms with Crippen LogP contribution in [0.4, 0.5) is 5.69 Å². The van der Waals surface area contributed by atoms with Gasteiger partial charge >= 0.3 is 0 Å². The lowest BCUT2D eigenvalue weighted by Crippen LogP contribution is -1.90. The first-order valence-electron chi connectivity index (χ1n) is 5.54. The Morgan fingerprint density at radius 1 is 1.12 bits per heavy atom. The minimum absolute atomic E-state index is 0.769. The second kappa shape index (κ2) is 3.63. The molecule has 0 fully saturated rings. The van der Waals surface area contributed by atoms with Crippen LogP contribution < -0.4 is 5.73 Å². The Kier molecular flexibility index (Phi) is 2.11. The molecule has 0 bridgehead atoms. The first-order chi connectivity index (χ1) is 8.24. The normalized spacial score (nSPS) is 10.9. The van der Waals surface area contributed by atoms with Gasteiger partial charge in [0, 0.05) is 17.4 Å². The summed E-state index contributed by atoms with van der Waals surface area (Å²) in [5.74, 6) is 0.944. The number of hydrogen-bond acceptors (Lipinski definition) is 2. The fourth-order valence-corrected chi connectivity index (χ4v) is 1.96. The van der Waals surface area contributed by atoms with Crippen LogP contribution >= 0.6 is 0 Å². The maximum Gasteiger partial charge on any atom is 0.144 e. The third kappa shape index (κ3) is 1.65. The minimum Gasteiger partial charge on any atom is -0.399 e. The summed E-state index contributed by atoms with van der Waals surface area (Å²) in [5, 5.41) is 0. The molecule has 84 valence electrons. The van der Waals surface area contributed by atoms with E-state index in [1.807, 2.05) is 36.7 Å². The molecule has 3 heteroatoms. The molecule has 2 heterocycles. The number of benzene rings is 1. The van der Waals surface area contributed by atoms with Crippen LogP contribution in [0.5, 0.6) is 0 Å². The van der Waals surface area contributed by atoms with Gasteiger partial charge in [0.05, 0.1) is 11.7 Å². The lowest BCUT2D eigenvalue weighted by molar-refractivity contribution is 1.15. The van der Waals surface area contributed by atoms with Crippen LogP contribution in [-0.2, 0) is 0 Å². The van der Waals surface area contributed by atoms with Crippen LogP contribution in [0.15, 0.2) is 48.8 Å². The average Bonchev–Trinajstić information content (AvgIpc) is 2.73. The van der Waals surface area contributed by atoms with Crippen molar-refractivity contribution in [1.82, 2.24) is 9.38 Å². The summed E-state index contributed by atoms with van der Waals surface area (Å²) in [6.07, 6.45) is 3.93. The summed E-state index contributed by atoms with van der Waals surface area (Å²) < 4.78 is 2.08. The Morgan fingerprint density at radius 3 is 2.65 bits per heavy atom. The first kappa shape index (κ1) is 9.90. The second-order valence-corrected chi connectivity index (χ2v) is 4.20. The van der Waals surface area contributed by atoms with E-state index in [0.29, 0.717) is 0 Å². The van der Waals surface area contributed by atoms with E-state index >= 15 is 0 Å². The Bertz CT molecular complexity index is 666. The van der Waals surface area contributed by atoms with Crippen molar-refractivity contribution in [3.05, 3.63) is 54.4 Å². The van der Waals surface area contributed by atoms with Gasteiger partial charge in [-0.05, 0) is 48.9 Å². The zero-order valence-corrected chi connectivity index (χ0v) is 9.59. The van der Waals surface area contributed by atoms with Gasteiger partial charge in [0.25, 0.3) is 0 Å². The summed E-state index contributed by atoms with van der Waals surface area (Å²) in [5.41, 5.74) is 9.87. The standard InChI is InChI=1S/C14H13N3/c1-10-6-7-17-13(8-10)9-16-14(17)11-2-4-12(15)5-3-11/h2-9H,15H2,1H3. The van der Waals surface area contributed by atoms with Gasteiger partial charge < -0.3 is 5.73 Å². The first-order valence-corrected chi connectivity index (χ1v) is 5.54. The maximum atomic E-state index is 5.69. The Labute approximate surface area is 99.5 Å². The van der Waals surface area contributed by atoms with Crippen molar-refractivity contribution in [3.63, 3.8) is 0 Å². The summed E-state index contributed by atoms with van der Waals surface area (Å²) in [6, 6.07) is 12.0. The average molecular weight is 223 g/mol. The number of nitrogens with two attached hydrogens (primary N) is 1. The molecule has 1 aromatic carbocycles. The van der Waals surface area contributed by atoms with Gasteiger partial charge in [0.1, 0.15) is 5.82 Å². The highest BCUT2D eigenvalue weighted by Gasteiger charge is 2.05. The number of hydrogen-bond donors (Lipinski definition) is 1. The van der Waals surface area contributed by atoms with E-state index < -0.39 is 0 Å². The van der Waals surface area contributed by atoms with Crippen molar-refractivity contribution >= 4 is 11.2 Å². The fourth-order valence-electron chi connectivity index (χ4n) is 1.96. The van der Waals surface area contributed by atoms with Crippen LogP contribution in [0.3, 0.4) is 0 Å². The number of nitrogens with zero attached hydrogens (tertiary/aromatic N) is 2. The van der Waals surface area contributed by atoms with Crippen LogP contribution in [-0.4, -0.2) is 9.38 Å². The van der Waals surface area contributed by atoms with Gasteiger partial charge in [-0.25, -0.2) is 4.98 Å². The van der Waals surface area contributed by atoms with E-state index in [9.17, 15) is 0 Å². The second-order valence-electron chi connectivity index (χ2n) is 4.20. The highest BCUT2D eigenvalue weighted by atomic mass is 15.0. The van der Waals surface area contributed by atoms with Gasteiger partial charge in [-0.3, -0.25) is 4.40 Å². The van der Waals surface area contributed by atoms with Gasteiger partial charge in [-0.1, -0.05) is 0 Å². The van der Waals surface area contributed by atoms with Crippen LogP contribution in [0.2, 0.25) is 0 Å². The number of anilines is 1. The van der Waals surface area contributed by atoms with Crippen molar-refractivity contribution in [3.8, 4) is 11.4 Å². The number of pyridine rings is 1. The highest BCUT2D eigenvalue weighted by molar-refractivity contribution is 5.64. The van der Waals surface area contributed by atoms with Crippen LogP contribution in [0.25, 0.3) is 16.9 Å². The molecular formula is C14H13N3. The molecule has 0 unspecified atom stereocenters. The van der Waals surface area contributed by atoms with Crippen LogP contribution in [0, 0.1) is 6.92 Å². The van der Waals surface area contributed by atoms with Crippen molar-refractivity contribution in [1.29, 1.82) is 0 Å². The molecule has 17 heavy (non-hydrogen) atoms. The number of aryl methyl sites for hydroxylation is 1. The molecule has 0 aliphatic rings. The molecule has 0 spiro atoms. The third-order valence-electron chi connectivity index (χ3n) is 2.86. The molecule has 3 nitrogen and oxygen atoms in total. The van der Waals surface area contributed by atoms with Gasteiger partial charge in [-0.15, -0.1) is 0 Å². The van der Waals surface area contributed by atoms with E-state index in [0.717, 1.165) is 22.6 Å². The zero-order chi connectivity index (χ0) is 11.8. The largest absolute Gasteiger partial charge is 0.399 e. The summed E-state index contributed by atoms with van der Waals surface area (Å²) in [4.78, 5) is 4.46. The molecule has 0 amide bonds. The van der Waals surface area contributed by atoms with Gasteiger partial charge in [-0.2, -0.15) is 0 Å². The summed E-state index contributed by atoms with van der Waals surface area (Å²) in [7, 11) is 0. The number of nitrogen functional groups attached to an aromatic ring is 1. The number of fused-ring (bicyclic) bond motifs is 1. The molecule has 0 aliphatic heterocycles. The minimum atomic E-state index is 0.769. The molecular weight excluding hydrogens is 210 g/mol. The molecule has 0 radical (unpaired) electrons. The molecule has 0 aliphatic carbocycles. The van der Waals surface area contributed by atoms with E-state index in [1.54, 1.807) is 0 Å². The van der Waals surface area contributed by atoms with Crippen molar-refractivity contribution in [2.24, 2.45) is 0 Å². The summed E-state index contributed by atoms with van der Waals surface area (Å²) in [6.45, 7) is 2.08. The molecule has 3 aromatic rings. The molecule has 0 saturated carbocycles. The van der Waals surface area contributed by atoms with Crippen LogP contribution in [0.1, 0.15) is 5.56 Å². The lowest BCUT2D eigenvalue weighted by atomic mass is 10.2. The quantitative estimate of drug-likeness (QED) is 0.644. The van der Waals surface area contributed by atoms with E-state index in [1.165, 1.54) is 5.56 Å². The van der Waals surface area contributed by atoms with Crippen molar-refractivity contribution in [2.45, 2.75) is 6.92 Å². The molecule has 2 N–H and O–H groups in total. The van der Waals surface area contributed by atoms with Gasteiger partial charge in [0.2, 0.25) is 0 Å². The number of imidazole rings is 1. The fraction of sp³-hybridized carbons (Fsp3) is 0.0714. The predicted octanol–water partition coefficient (Wildman–Crippen LogP) is 2.89. The molecule has 2 aromatic heterocycles. The third-order valence-corrected chi connectivity index (χ3v) is 2.86. The SMILES string of the molecule is Cc1ccn2c(-c3ccc(N)cc3)ncc2c1. The van der Waals surface area contributed by atoms with E-state index in [-0.39, 0.29) is 0 Å².